The minimum atomic E-state index is -3.23. The first-order valence-corrected chi connectivity index (χ1v) is 8.55. The minimum Gasteiger partial charge on any atom is -0.382 e. The molecular weight excluding hydrogens is 289 g/mol. The highest BCUT2D eigenvalue weighted by Crippen LogP contribution is 2.17. The third-order valence-electron chi connectivity index (χ3n) is 3.16. The van der Waals surface area contributed by atoms with Crippen LogP contribution in [0.15, 0.2) is 53.4 Å². The van der Waals surface area contributed by atoms with Gasteiger partial charge in [0.05, 0.1) is 4.90 Å². The van der Waals surface area contributed by atoms with Crippen LogP contribution in [0.5, 0.6) is 0 Å². The summed E-state index contributed by atoms with van der Waals surface area (Å²) in [5.74, 6) is -0.226. The van der Waals surface area contributed by atoms with Gasteiger partial charge in [0.15, 0.2) is 9.84 Å². The molecule has 0 radical (unpaired) electrons. The molecule has 0 bridgehead atoms. The minimum absolute atomic E-state index is 0.0169. The molecule has 0 aliphatic rings. The van der Waals surface area contributed by atoms with E-state index in [9.17, 15) is 12.8 Å². The number of rotatable bonds is 5. The van der Waals surface area contributed by atoms with E-state index in [-0.39, 0.29) is 16.8 Å². The Balaban J connectivity index is 2.10. The van der Waals surface area contributed by atoms with Crippen molar-refractivity contribution in [3.8, 4) is 0 Å². The van der Waals surface area contributed by atoms with E-state index in [2.05, 4.69) is 5.32 Å². The zero-order chi connectivity index (χ0) is 15.5. The summed E-state index contributed by atoms with van der Waals surface area (Å²) in [4.78, 5) is 0.269. The Hall–Kier alpha value is -1.88. The Morgan fingerprint density at radius 1 is 1.14 bits per heavy atom. The molecule has 2 rings (SSSR count). The third kappa shape index (κ3) is 4.29. The Morgan fingerprint density at radius 2 is 1.86 bits per heavy atom. The van der Waals surface area contributed by atoms with E-state index in [1.807, 2.05) is 6.92 Å². The molecule has 112 valence electrons. The van der Waals surface area contributed by atoms with Gasteiger partial charge in [-0.15, -0.1) is 0 Å². The van der Waals surface area contributed by atoms with Crippen molar-refractivity contribution in [2.24, 2.45) is 0 Å². The summed E-state index contributed by atoms with van der Waals surface area (Å²) in [5.41, 5.74) is 1.35. The SMILES string of the molecule is CC(Cc1ccccc1F)Nc1cccc(S(C)(=O)=O)c1. The van der Waals surface area contributed by atoms with E-state index in [1.165, 1.54) is 12.3 Å². The van der Waals surface area contributed by atoms with Gasteiger partial charge in [-0.05, 0) is 43.2 Å². The van der Waals surface area contributed by atoms with E-state index < -0.39 is 9.84 Å². The van der Waals surface area contributed by atoms with Gasteiger partial charge in [-0.3, -0.25) is 0 Å². The fourth-order valence-electron chi connectivity index (χ4n) is 2.15. The van der Waals surface area contributed by atoms with Crippen molar-refractivity contribution in [1.29, 1.82) is 0 Å². The molecule has 21 heavy (non-hydrogen) atoms. The smallest absolute Gasteiger partial charge is 0.175 e. The fourth-order valence-corrected chi connectivity index (χ4v) is 2.81. The predicted molar refractivity (Wildman–Crippen MR) is 82.7 cm³/mol. The second-order valence-electron chi connectivity index (χ2n) is 5.14. The van der Waals surface area contributed by atoms with Crippen LogP contribution in [0.25, 0.3) is 0 Å². The van der Waals surface area contributed by atoms with Crippen LogP contribution in [0, 0.1) is 5.82 Å². The maximum atomic E-state index is 13.6. The summed E-state index contributed by atoms with van der Waals surface area (Å²) in [6.45, 7) is 1.93. The normalized spacial score (nSPS) is 12.9. The molecule has 0 aromatic heterocycles. The Kier molecular flexibility index (Phi) is 4.63. The van der Waals surface area contributed by atoms with Gasteiger partial charge in [-0.25, -0.2) is 12.8 Å². The van der Waals surface area contributed by atoms with Gasteiger partial charge in [-0.2, -0.15) is 0 Å². The number of halogens is 1. The second kappa shape index (κ2) is 6.26. The zero-order valence-corrected chi connectivity index (χ0v) is 12.8. The van der Waals surface area contributed by atoms with Gasteiger partial charge >= 0.3 is 0 Å². The van der Waals surface area contributed by atoms with Crippen molar-refractivity contribution >= 4 is 15.5 Å². The first kappa shape index (κ1) is 15.5. The largest absolute Gasteiger partial charge is 0.382 e. The summed E-state index contributed by atoms with van der Waals surface area (Å²) in [7, 11) is -3.23. The molecule has 0 fully saturated rings. The topological polar surface area (TPSA) is 46.2 Å². The fraction of sp³-hybridized carbons (Fsp3) is 0.250. The second-order valence-corrected chi connectivity index (χ2v) is 7.16. The molecule has 0 amide bonds. The number of hydrogen-bond donors (Lipinski definition) is 1. The lowest BCUT2D eigenvalue weighted by atomic mass is 10.1. The predicted octanol–water partition coefficient (Wildman–Crippen LogP) is 3.27. The molecular formula is C16H18FNO2S. The average molecular weight is 307 g/mol. The molecule has 1 N–H and O–H groups in total. The van der Waals surface area contributed by atoms with Gasteiger partial charge in [0.2, 0.25) is 0 Å². The van der Waals surface area contributed by atoms with E-state index in [0.29, 0.717) is 17.7 Å². The van der Waals surface area contributed by atoms with Crippen LogP contribution in [-0.4, -0.2) is 20.7 Å². The number of hydrogen-bond acceptors (Lipinski definition) is 3. The van der Waals surface area contributed by atoms with Crippen molar-refractivity contribution in [3.63, 3.8) is 0 Å². The zero-order valence-electron chi connectivity index (χ0n) is 12.0. The number of anilines is 1. The number of benzene rings is 2. The van der Waals surface area contributed by atoms with Gasteiger partial charge in [0.1, 0.15) is 5.82 Å². The standard InChI is InChI=1S/C16H18FNO2S/c1-12(10-13-6-3-4-9-16(13)17)18-14-7-5-8-15(11-14)21(2,19)20/h3-9,11-12,18H,10H2,1-2H3. The van der Waals surface area contributed by atoms with Gasteiger partial charge < -0.3 is 5.32 Å². The lowest BCUT2D eigenvalue weighted by Gasteiger charge is -2.16. The monoisotopic (exact) mass is 307 g/mol. The molecule has 0 saturated carbocycles. The van der Waals surface area contributed by atoms with Crippen LogP contribution in [-0.2, 0) is 16.3 Å². The van der Waals surface area contributed by atoms with Crippen LogP contribution in [0.4, 0.5) is 10.1 Å². The molecule has 1 unspecified atom stereocenters. The number of nitrogens with one attached hydrogen (secondary N) is 1. The van der Waals surface area contributed by atoms with Crippen LogP contribution in [0.2, 0.25) is 0 Å². The Morgan fingerprint density at radius 3 is 2.52 bits per heavy atom. The lowest BCUT2D eigenvalue weighted by Crippen LogP contribution is -2.18. The molecule has 0 heterocycles. The van der Waals surface area contributed by atoms with Crippen LogP contribution in [0.1, 0.15) is 12.5 Å². The Labute approximate surface area is 124 Å². The Bertz CT molecular complexity index is 729. The van der Waals surface area contributed by atoms with Crippen molar-refractivity contribution < 1.29 is 12.8 Å². The van der Waals surface area contributed by atoms with Crippen LogP contribution >= 0.6 is 0 Å². The van der Waals surface area contributed by atoms with E-state index in [1.54, 1.807) is 42.5 Å². The molecule has 0 aliphatic heterocycles. The summed E-state index contributed by atoms with van der Waals surface area (Å²) >= 11 is 0. The molecule has 0 saturated heterocycles. The van der Waals surface area contributed by atoms with E-state index in [0.717, 1.165) is 0 Å². The van der Waals surface area contributed by atoms with Crippen LogP contribution in [0.3, 0.4) is 0 Å². The summed E-state index contributed by atoms with van der Waals surface area (Å²) in [6.07, 6.45) is 1.70. The maximum Gasteiger partial charge on any atom is 0.175 e. The summed E-state index contributed by atoms with van der Waals surface area (Å²) in [6, 6.07) is 13.3. The van der Waals surface area contributed by atoms with Crippen molar-refractivity contribution in [2.45, 2.75) is 24.3 Å². The van der Waals surface area contributed by atoms with Crippen molar-refractivity contribution in [1.82, 2.24) is 0 Å². The van der Waals surface area contributed by atoms with E-state index >= 15 is 0 Å². The maximum absolute atomic E-state index is 13.6. The molecule has 3 nitrogen and oxygen atoms in total. The van der Waals surface area contributed by atoms with E-state index in [4.69, 9.17) is 0 Å². The van der Waals surface area contributed by atoms with Gasteiger partial charge in [0, 0.05) is 18.0 Å². The van der Waals surface area contributed by atoms with Crippen molar-refractivity contribution in [3.05, 3.63) is 59.9 Å². The third-order valence-corrected chi connectivity index (χ3v) is 4.27. The van der Waals surface area contributed by atoms with Crippen LogP contribution < -0.4 is 5.32 Å². The highest BCUT2D eigenvalue weighted by molar-refractivity contribution is 7.90. The van der Waals surface area contributed by atoms with Gasteiger partial charge in [0.25, 0.3) is 0 Å². The highest BCUT2D eigenvalue weighted by Gasteiger charge is 2.10. The summed E-state index contributed by atoms with van der Waals surface area (Å²) in [5, 5.41) is 3.20. The first-order chi connectivity index (χ1) is 9.86. The molecule has 2 aromatic carbocycles. The molecule has 2 aromatic rings. The highest BCUT2D eigenvalue weighted by atomic mass is 32.2. The first-order valence-electron chi connectivity index (χ1n) is 6.66. The molecule has 0 spiro atoms. The lowest BCUT2D eigenvalue weighted by molar-refractivity contribution is 0.601. The molecule has 5 heteroatoms. The molecule has 1 atom stereocenters. The quantitative estimate of drug-likeness (QED) is 0.922. The molecule has 0 aliphatic carbocycles. The van der Waals surface area contributed by atoms with Crippen molar-refractivity contribution in [2.75, 3.05) is 11.6 Å². The average Bonchev–Trinajstić information content (AvgIpc) is 2.41. The van der Waals surface area contributed by atoms with Gasteiger partial charge in [-0.1, -0.05) is 24.3 Å². The number of sulfone groups is 1. The summed E-state index contributed by atoms with van der Waals surface area (Å²) < 4.78 is 36.7.